The van der Waals surface area contributed by atoms with Gasteiger partial charge in [0.25, 0.3) is 0 Å². The third-order valence-corrected chi connectivity index (χ3v) is 9.95. The van der Waals surface area contributed by atoms with Gasteiger partial charge in [-0.1, -0.05) is 38.8 Å². The Morgan fingerprint density at radius 3 is 2.66 bits per heavy atom. The number of rotatable bonds is 9. The van der Waals surface area contributed by atoms with Gasteiger partial charge < -0.3 is 30.5 Å². The average molecular weight is 592 g/mol. The maximum absolute atomic E-state index is 14.0. The highest BCUT2D eigenvalue weighted by Gasteiger charge is 2.52. The van der Waals surface area contributed by atoms with E-state index in [1.807, 2.05) is 38.0 Å². The summed E-state index contributed by atoms with van der Waals surface area (Å²) in [5.74, 6) is -2.40. The van der Waals surface area contributed by atoms with Crippen LogP contribution in [0.5, 0.6) is 0 Å². The second kappa shape index (κ2) is 13.3. The van der Waals surface area contributed by atoms with Crippen LogP contribution in [0.3, 0.4) is 0 Å². The lowest BCUT2D eigenvalue weighted by molar-refractivity contribution is -0.260. The summed E-state index contributed by atoms with van der Waals surface area (Å²) in [5, 5.41) is 24.4. The van der Waals surface area contributed by atoms with Gasteiger partial charge in [0.15, 0.2) is 0 Å². The fourth-order valence-electron chi connectivity index (χ4n) is 5.82. The van der Waals surface area contributed by atoms with Crippen LogP contribution in [0.4, 0.5) is 25.0 Å². The fourth-order valence-corrected chi connectivity index (χ4v) is 7.28. The summed E-state index contributed by atoms with van der Waals surface area (Å²) in [7, 11) is 4.08. The molecule has 2 heterocycles. The monoisotopic (exact) mass is 591 g/mol. The van der Waals surface area contributed by atoms with Crippen LogP contribution in [0.1, 0.15) is 69.4 Å². The van der Waals surface area contributed by atoms with Gasteiger partial charge in [-0.25, -0.2) is 13.6 Å². The number of halogens is 2. The zero-order valence-electron chi connectivity index (χ0n) is 24.3. The molecule has 2 aliphatic heterocycles. The predicted octanol–water partition coefficient (Wildman–Crippen LogP) is 6.19. The van der Waals surface area contributed by atoms with E-state index in [2.05, 4.69) is 53.6 Å². The third kappa shape index (κ3) is 7.16. The van der Waals surface area contributed by atoms with Crippen LogP contribution < -0.4 is 15.5 Å². The molecule has 4 N–H and O–H groups in total. The SMILES string of the molecule is CCCC[C@]1(CC)CSc2ccc(N(C)C)cc2[C@@H](c2cccc(NC(=O)NC3CC(O)C(F)(F)C(CO)O3)c2)C1. The molecular formula is C31H43F2N3O4S. The summed E-state index contributed by atoms with van der Waals surface area (Å²) in [4.78, 5) is 16.2. The molecule has 1 fully saturated rings. The van der Waals surface area contributed by atoms with Crippen LogP contribution in [0.15, 0.2) is 47.4 Å². The van der Waals surface area contributed by atoms with E-state index in [-0.39, 0.29) is 11.3 Å². The third-order valence-electron chi connectivity index (χ3n) is 8.51. The highest BCUT2D eigenvalue weighted by Crippen LogP contribution is 2.51. The molecule has 10 heteroatoms. The molecule has 0 radical (unpaired) electrons. The number of hydrogen-bond donors (Lipinski definition) is 4. The number of amides is 2. The van der Waals surface area contributed by atoms with Crippen molar-refractivity contribution in [1.82, 2.24) is 5.32 Å². The quantitative estimate of drug-likeness (QED) is 0.278. The van der Waals surface area contributed by atoms with Crippen LogP contribution in [-0.2, 0) is 4.74 Å². The molecule has 0 spiro atoms. The number of ether oxygens (including phenoxy) is 1. The Kier molecular flexibility index (Phi) is 10.2. The molecule has 0 aliphatic carbocycles. The van der Waals surface area contributed by atoms with Gasteiger partial charge in [-0.2, -0.15) is 0 Å². The summed E-state index contributed by atoms with van der Waals surface area (Å²) in [5.41, 5.74) is 4.28. The Bertz CT molecular complexity index is 1200. The van der Waals surface area contributed by atoms with E-state index in [0.29, 0.717) is 5.69 Å². The summed E-state index contributed by atoms with van der Waals surface area (Å²) in [6, 6.07) is 13.8. The van der Waals surface area contributed by atoms with Crippen LogP contribution in [-0.4, -0.2) is 67.1 Å². The zero-order chi connectivity index (χ0) is 29.8. The van der Waals surface area contributed by atoms with E-state index in [1.165, 1.54) is 23.3 Å². The van der Waals surface area contributed by atoms with Crippen LogP contribution in [0, 0.1) is 5.41 Å². The minimum Gasteiger partial charge on any atom is -0.393 e. The summed E-state index contributed by atoms with van der Waals surface area (Å²) in [6.45, 7) is 3.55. The Labute approximate surface area is 246 Å². The van der Waals surface area contributed by atoms with Crippen LogP contribution >= 0.6 is 11.8 Å². The zero-order valence-corrected chi connectivity index (χ0v) is 25.1. The van der Waals surface area contributed by atoms with Gasteiger partial charge in [0.2, 0.25) is 0 Å². The first-order chi connectivity index (χ1) is 19.5. The van der Waals surface area contributed by atoms with E-state index in [4.69, 9.17) is 4.74 Å². The number of carbonyl (C=O) groups excluding carboxylic acids is 1. The lowest BCUT2D eigenvalue weighted by atomic mass is 9.71. The molecule has 5 atom stereocenters. The van der Waals surface area contributed by atoms with Gasteiger partial charge in [-0.05, 0) is 66.1 Å². The molecule has 2 aromatic carbocycles. The lowest BCUT2D eigenvalue weighted by Crippen LogP contribution is -2.59. The first kappa shape index (κ1) is 31.5. The number of benzene rings is 2. The summed E-state index contributed by atoms with van der Waals surface area (Å²) < 4.78 is 33.2. The van der Waals surface area contributed by atoms with Crippen molar-refractivity contribution >= 4 is 29.2 Å². The smallest absolute Gasteiger partial charge is 0.321 e. The van der Waals surface area contributed by atoms with Crippen molar-refractivity contribution in [2.75, 3.05) is 36.7 Å². The number of alkyl halides is 2. The number of aliphatic hydroxyl groups excluding tert-OH is 2. The molecule has 4 rings (SSSR count). The number of unbranched alkanes of at least 4 members (excludes halogenated alkanes) is 1. The number of nitrogens with one attached hydrogen (secondary N) is 2. The van der Waals surface area contributed by atoms with Crippen molar-refractivity contribution < 1.29 is 28.5 Å². The van der Waals surface area contributed by atoms with E-state index in [9.17, 15) is 23.8 Å². The maximum Gasteiger partial charge on any atom is 0.321 e. The number of fused-ring (bicyclic) bond motifs is 1. The number of urea groups is 1. The Balaban J connectivity index is 1.58. The Morgan fingerprint density at radius 2 is 1.98 bits per heavy atom. The fraction of sp³-hybridized carbons (Fsp3) is 0.581. The number of hydrogen-bond acceptors (Lipinski definition) is 6. The van der Waals surface area contributed by atoms with Gasteiger partial charge in [-0.15, -0.1) is 11.8 Å². The highest BCUT2D eigenvalue weighted by molar-refractivity contribution is 7.99. The Morgan fingerprint density at radius 1 is 1.20 bits per heavy atom. The maximum atomic E-state index is 14.0. The molecule has 7 nitrogen and oxygen atoms in total. The predicted molar refractivity (Wildman–Crippen MR) is 160 cm³/mol. The average Bonchev–Trinajstić information content (AvgIpc) is 3.11. The van der Waals surface area contributed by atoms with Gasteiger partial charge in [0.1, 0.15) is 18.4 Å². The van der Waals surface area contributed by atoms with Gasteiger partial charge in [0, 0.05) is 48.5 Å². The van der Waals surface area contributed by atoms with Crippen molar-refractivity contribution in [3.05, 3.63) is 53.6 Å². The topological polar surface area (TPSA) is 94.1 Å². The second-order valence-electron chi connectivity index (χ2n) is 11.6. The molecule has 0 bridgehead atoms. The molecule has 0 saturated carbocycles. The minimum absolute atomic E-state index is 0.130. The van der Waals surface area contributed by atoms with E-state index in [1.54, 1.807) is 6.07 Å². The minimum atomic E-state index is -3.59. The lowest BCUT2D eigenvalue weighted by Gasteiger charge is -2.38. The van der Waals surface area contributed by atoms with Crippen molar-refractivity contribution in [2.24, 2.45) is 5.41 Å². The van der Waals surface area contributed by atoms with Gasteiger partial charge >= 0.3 is 12.0 Å². The number of anilines is 2. The Hall–Kier alpha value is -2.40. The molecule has 41 heavy (non-hydrogen) atoms. The molecule has 226 valence electrons. The normalized spacial score (nSPS) is 27.4. The van der Waals surface area contributed by atoms with Crippen molar-refractivity contribution in [1.29, 1.82) is 0 Å². The molecular weight excluding hydrogens is 548 g/mol. The first-order valence-electron chi connectivity index (χ1n) is 14.5. The molecule has 0 aromatic heterocycles. The molecule has 2 amide bonds. The van der Waals surface area contributed by atoms with E-state index < -0.39 is 43.4 Å². The number of thioether (sulfide) groups is 1. The van der Waals surface area contributed by atoms with Crippen molar-refractivity contribution in [3.63, 3.8) is 0 Å². The van der Waals surface area contributed by atoms with Crippen LogP contribution in [0.25, 0.3) is 0 Å². The highest BCUT2D eigenvalue weighted by atomic mass is 32.2. The van der Waals surface area contributed by atoms with Gasteiger partial charge in [-0.3, -0.25) is 0 Å². The largest absolute Gasteiger partial charge is 0.393 e. The standard InChI is InChI=1S/C31H43F2N3O4S/c1-5-7-13-30(6-2)17-24(23-15-22(36(3)4)11-12-25(23)41-19-30)20-9-8-10-21(14-20)34-29(39)35-28-16-26(38)31(32,33)27(18-37)40-28/h8-12,14-15,24,26-28,37-38H,5-7,13,16-19H2,1-4H3,(H2,34,35,39)/t24-,26?,27?,28?,30+/m1/s1. The van der Waals surface area contributed by atoms with E-state index >= 15 is 0 Å². The molecule has 3 unspecified atom stereocenters. The summed E-state index contributed by atoms with van der Waals surface area (Å²) in [6.07, 6.45) is 0.0140. The summed E-state index contributed by atoms with van der Waals surface area (Å²) >= 11 is 1.94. The molecule has 2 aromatic rings. The van der Waals surface area contributed by atoms with Crippen molar-refractivity contribution in [3.8, 4) is 0 Å². The van der Waals surface area contributed by atoms with Crippen molar-refractivity contribution in [2.45, 2.75) is 87.5 Å². The number of nitrogens with zero attached hydrogens (tertiary/aromatic N) is 1. The number of carbonyl (C=O) groups is 1. The first-order valence-corrected chi connectivity index (χ1v) is 15.4. The number of aliphatic hydroxyl groups is 2. The van der Waals surface area contributed by atoms with Crippen LogP contribution in [0.2, 0.25) is 0 Å². The molecule has 2 aliphatic rings. The van der Waals surface area contributed by atoms with E-state index in [0.717, 1.165) is 36.3 Å². The second-order valence-corrected chi connectivity index (χ2v) is 12.6. The molecule has 1 saturated heterocycles. The van der Waals surface area contributed by atoms with Gasteiger partial charge in [0.05, 0.1) is 6.61 Å².